The first kappa shape index (κ1) is 22.0. The van der Waals surface area contributed by atoms with E-state index in [1.54, 1.807) is 18.3 Å². The Hall–Kier alpha value is -3.79. The monoisotopic (exact) mass is 457 g/mol. The molecule has 0 saturated carbocycles. The second kappa shape index (κ2) is 8.86. The van der Waals surface area contributed by atoms with Crippen LogP contribution >= 0.6 is 0 Å². The van der Waals surface area contributed by atoms with Gasteiger partial charge < -0.3 is 4.90 Å². The molecular formula is C27H25F2N5. The Morgan fingerprint density at radius 1 is 1.24 bits per heavy atom. The molecular weight excluding hydrogens is 432 g/mol. The molecule has 0 amide bonds. The third kappa shape index (κ3) is 3.90. The molecule has 1 atom stereocenters. The SMILES string of the molecule is [C-]#[N+]c1cc2[nH]nc(-c3ccc(N4CC[C@H](F)C4)nc3)c2cc1-c1c(C)cc(CCC)cc1F. The molecule has 1 saturated heterocycles. The predicted molar refractivity (Wildman–Crippen MR) is 131 cm³/mol. The van der Waals surface area contributed by atoms with E-state index in [2.05, 4.69) is 27.0 Å². The lowest BCUT2D eigenvalue weighted by Crippen LogP contribution is -2.20. The molecule has 7 heteroatoms. The number of H-pyrrole nitrogens is 1. The number of halogens is 2. The molecule has 0 aliphatic carbocycles. The van der Waals surface area contributed by atoms with E-state index < -0.39 is 6.17 Å². The molecule has 0 radical (unpaired) electrons. The van der Waals surface area contributed by atoms with Crippen molar-refractivity contribution in [1.29, 1.82) is 0 Å². The van der Waals surface area contributed by atoms with Crippen LogP contribution in [0.2, 0.25) is 0 Å². The number of aromatic nitrogens is 3. The van der Waals surface area contributed by atoms with Gasteiger partial charge in [0, 0.05) is 29.3 Å². The Bertz CT molecular complexity index is 1380. The summed E-state index contributed by atoms with van der Waals surface area (Å²) < 4.78 is 28.8. The van der Waals surface area contributed by atoms with E-state index in [0.29, 0.717) is 47.5 Å². The summed E-state index contributed by atoms with van der Waals surface area (Å²) in [5.41, 5.74) is 5.31. The Morgan fingerprint density at radius 2 is 2.09 bits per heavy atom. The fourth-order valence-corrected chi connectivity index (χ4v) is 4.79. The summed E-state index contributed by atoms with van der Waals surface area (Å²) in [6.07, 6.45) is 3.19. The van der Waals surface area contributed by atoms with Crippen LogP contribution in [0.5, 0.6) is 0 Å². The second-order valence-electron chi connectivity index (χ2n) is 8.86. The van der Waals surface area contributed by atoms with Gasteiger partial charge in [-0.1, -0.05) is 25.5 Å². The zero-order chi connectivity index (χ0) is 23.8. The van der Waals surface area contributed by atoms with Gasteiger partial charge in [0.2, 0.25) is 0 Å². The molecule has 3 heterocycles. The minimum Gasteiger partial charge on any atom is -0.354 e. The van der Waals surface area contributed by atoms with E-state index in [1.165, 1.54) is 0 Å². The van der Waals surface area contributed by atoms with Gasteiger partial charge in [-0.05, 0) is 60.7 Å². The van der Waals surface area contributed by atoms with Crippen molar-refractivity contribution in [1.82, 2.24) is 15.2 Å². The topological polar surface area (TPSA) is 49.2 Å². The summed E-state index contributed by atoms with van der Waals surface area (Å²) in [4.78, 5) is 10.1. The van der Waals surface area contributed by atoms with Gasteiger partial charge in [0.15, 0.2) is 5.69 Å². The Kier molecular flexibility index (Phi) is 5.74. The first-order chi connectivity index (χ1) is 16.5. The van der Waals surface area contributed by atoms with Crippen LogP contribution < -0.4 is 4.90 Å². The van der Waals surface area contributed by atoms with Crippen molar-refractivity contribution in [2.24, 2.45) is 0 Å². The summed E-state index contributed by atoms with van der Waals surface area (Å²) in [6.45, 7) is 12.6. The number of nitrogens with zero attached hydrogens (tertiary/aromatic N) is 4. The lowest BCUT2D eigenvalue weighted by Gasteiger charge is -2.16. The van der Waals surface area contributed by atoms with Gasteiger partial charge in [0.05, 0.1) is 18.6 Å². The van der Waals surface area contributed by atoms with Crippen molar-refractivity contribution in [3.05, 3.63) is 71.0 Å². The first-order valence-electron chi connectivity index (χ1n) is 11.5. The molecule has 5 rings (SSSR count). The van der Waals surface area contributed by atoms with Crippen molar-refractivity contribution in [2.75, 3.05) is 18.0 Å². The predicted octanol–water partition coefficient (Wildman–Crippen LogP) is 6.79. The lowest BCUT2D eigenvalue weighted by atomic mass is 9.93. The number of hydrogen-bond donors (Lipinski definition) is 1. The minimum absolute atomic E-state index is 0.319. The van der Waals surface area contributed by atoms with Crippen molar-refractivity contribution < 1.29 is 8.78 Å². The second-order valence-corrected chi connectivity index (χ2v) is 8.86. The van der Waals surface area contributed by atoms with Gasteiger partial charge in [-0.3, -0.25) is 5.10 Å². The number of anilines is 1. The van der Waals surface area contributed by atoms with Gasteiger partial charge in [0.1, 0.15) is 23.5 Å². The van der Waals surface area contributed by atoms with Gasteiger partial charge in [-0.15, -0.1) is 0 Å². The standard InChI is InChI=1S/C27H25F2N5/c1-4-5-17-10-16(2)26(22(29)11-17)20-12-21-24(13-23(20)30-3)32-33-27(21)18-6-7-25(31-14-18)34-9-8-19(28)15-34/h6-7,10-14,19H,4-5,8-9,15H2,1-2H3,(H,32,33)/t19-/m0/s1. The largest absolute Gasteiger partial charge is 0.354 e. The van der Waals surface area contributed by atoms with E-state index in [0.717, 1.165) is 40.7 Å². The number of benzene rings is 2. The molecule has 172 valence electrons. The van der Waals surface area contributed by atoms with Crippen molar-refractivity contribution in [3.8, 4) is 22.4 Å². The molecule has 1 aliphatic heterocycles. The lowest BCUT2D eigenvalue weighted by molar-refractivity contribution is 0.364. The van der Waals surface area contributed by atoms with E-state index in [-0.39, 0.29) is 5.82 Å². The van der Waals surface area contributed by atoms with Crippen LogP contribution in [-0.2, 0) is 6.42 Å². The molecule has 2 aromatic carbocycles. The highest BCUT2D eigenvalue weighted by molar-refractivity contribution is 6.00. The molecule has 5 nitrogen and oxygen atoms in total. The average molecular weight is 458 g/mol. The van der Waals surface area contributed by atoms with Gasteiger partial charge in [-0.2, -0.15) is 5.10 Å². The van der Waals surface area contributed by atoms with E-state index in [4.69, 9.17) is 6.57 Å². The smallest absolute Gasteiger partial charge is 0.197 e. The number of aromatic amines is 1. The van der Waals surface area contributed by atoms with Gasteiger partial charge >= 0.3 is 0 Å². The molecule has 4 aromatic rings. The maximum absolute atomic E-state index is 15.2. The summed E-state index contributed by atoms with van der Waals surface area (Å²) in [7, 11) is 0. The van der Waals surface area contributed by atoms with Crippen molar-refractivity contribution in [2.45, 2.75) is 39.3 Å². The quantitative estimate of drug-likeness (QED) is 0.336. The number of aryl methyl sites for hydroxylation is 2. The average Bonchev–Trinajstić information content (AvgIpc) is 3.44. The molecule has 2 aromatic heterocycles. The highest BCUT2D eigenvalue weighted by atomic mass is 19.1. The Labute approximate surface area is 197 Å². The molecule has 34 heavy (non-hydrogen) atoms. The Morgan fingerprint density at radius 3 is 2.74 bits per heavy atom. The third-order valence-electron chi connectivity index (χ3n) is 6.43. The fraction of sp³-hybridized carbons (Fsp3) is 0.296. The molecule has 0 unspecified atom stereocenters. The number of pyridine rings is 1. The molecule has 0 bridgehead atoms. The van der Waals surface area contributed by atoms with Crippen LogP contribution in [0.15, 0.2) is 42.6 Å². The summed E-state index contributed by atoms with van der Waals surface area (Å²) in [5, 5.41) is 8.25. The van der Waals surface area contributed by atoms with Gasteiger partial charge in [0.25, 0.3) is 0 Å². The summed E-state index contributed by atoms with van der Waals surface area (Å²) in [5.74, 6) is 0.421. The van der Waals surface area contributed by atoms with Crippen molar-refractivity contribution >= 4 is 22.4 Å². The van der Waals surface area contributed by atoms with Crippen LogP contribution in [0.25, 0.3) is 38.1 Å². The number of rotatable bonds is 5. The third-order valence-corrected chi connectivity index (χ3v) is 6.43. The summed E-state index contributed by atoms with van der Waals surface area (Å²) in [6, 6.07) is 10.9. The minimum atomic E-state index is -0.813. The molecule has 1 fully saturated rings. The number of alkyl halides is 1. The fourth-order valence-electron chi connectivity index (χ4n) is 4.79. The van der Waals surface area contributed by atoms with Crippen LogP contribution in [0.4, 0.5) is 20.3 Å². The highest BCUT2D eigenvalue weighted by Crippen LogP contribution is 2.40. The zero-order valence-corrected chi connectivity index (χ0v) is 19.2. The van der Waals surface area contributed by atoms with Gasteiger partial charge in [-0.25, -0.2) is 18.6 Å². The number of hydrogen-bond acceptors (Lipinski definition) is 3. The maximum Gasteiger partial charge on any atom is 0.197 e. The van der Waals surface area contributed by atoms with E-state index >= 15 is 4.39 Å². The maximum atomic E-state index is 15.2. The number of nitrogens with one attached hydrogen (secondary N) is 1. The van der Waals surface area contributed by atoms with Crippen LogP contribution in [0, 0.1) is 19.3 Å². The molecule has 1 N–H and O–H groups in total. The summed E-state index contributed by atoms with van der Waals surface area (Å²) >= 11 is 0. The first-order valence-corrected chi connectivity index (χ1v) is 11.5. The molecule has 1 aliphatic rings. The van der Waals surface area contributed by atoms with Crippen molar-refractivity contribution in [3.63, 3.8) is 0 Å². The molecule has 0 spiro atoms. The van der Waals surface area contributed by atoms with Crippen LogP contribution in [0.3, 0.4) is 0 Å². The normalized spacial score (nSPS) is 15.7. The Balaban J connectivity index is 1.58. The van der Waals surface area contributed by atoms with E-state index in [9.17, 15) is 4.39 Å². The zero-order valence-electron chi connectivity index (χ0n) is 19.2. The van der Waals surface area contributed by atoms with Crippen LogP contribution in [0.1, 0.15) is 30.9 Å². The number of fused-ring (bicyclic) bond motifs is 1. The van der Waals surface area contributed by atoms with Crippen LogP contribution in [-0.4, -0.2) is 34.4 Å². The van der Waals surface area contributed by atoms with E-state index in [1.807, 2.05) is 36.1 Å². The highest BCUT2D eigenvalue weighted by Gasteiger charge is 2.23.